The van der Waals surface area contributed by atoms with E-state index in [9.17, 15) is 4.79 Å². The van der Waals surface area contributed by atoms with E-state index in [0.717, 1.165) is 36.4 Å². The summed E-state index contributed by atoms with van der Waals surface area (Å²) >= 11 is 0. The molecule has 0 aromatic heterocycles. The smallest absolute Gasteiger partial charge is 0.239 e. The third-order valence-corrected chi connectivity index (χ3v) is 4.15. The summed E-state index contributed by atoms with van der Waals surface area (Å²) in [6.45, 7) is 4.28. The lowest BCUT2D eigenvalue weighted by molar-refractivity contribution is -0.128. The number of likely N-dealkylation sites (tertiary alicyclic amines) is 1. The number of carbonyl (C=O) groups is 1. The molecule has 21 heavy (non-hydrogen) atoms. The number of benzene rings is 1. The van der Waals surface area contributed by atoms with Gasteiger partial charge in [-0.3, -0.25) is 10.1 Å². The first-order chi connectivity index (χ1) is 10.1. The van der Waals surface area contributed by atoms with E-state index in [0.29, 0.717) is 13.2 Å². The third kappa shape index (κ3) is 2.97. The fraction of sp³-hybridized carbons (Fsp3) is 0.562. The molecule has 0 radical (unpaired) electrons. The first kappa shape index (κ1) is 14.2. The molecule has 2 unspecified atom stereocenters. The van der Waals surface area contributed by atoms with E-state index >= 15 is 0 Å². The van der Waals surface area contributed by atoms with Gasteiger partial charge in [-0.2, -0.15) is 0 Å². The van der Waals surface area contributed by atoms with Crippen LogP contribution in [0.5, 0.6) is 11.5 Å². The number of fused-ring (bicyclic) bond motifs is 1. The molecule has 0 saturated carbocycles. The highest BCUT2D eigenvalue weighted by Crippen LogP contribution is 2.32. The molecule has 1 fully saturated rings. The number of hydrogen-bond donors (Lipinski definition) is 1. The van der Waals surface area contributed by atoms with Crippen molar-refractivity contribution in [3.05, 3.63) is 23.8 Å². The zero-order valence-corrected chi connectivity index (χ0v) is 12.6. The summed E-state index contributed by atoms with van der Waals surface area (Å²) in [7, 11) is 1.85. The van der Waals surface area contributed by atoms with Gasteiger partial charge in [0.2, 0.25) is 5.91 Å². The van der Waals surface area contributed by atoms with Crippen molar-refractivity contribution in [3.8, 4) is 11.5 Å². The molecule has 1 aromatic rings. The molecule has 1 aromatic carbocycles. The van der Waals surface area contributed by atoms with Crippen molar-refractivity contribution >= 4 is 5.91 Å². The lowest BCUT2D eigenvalue weighted by atomic mass is 10.1. The van der Waals surface area contributed by atoms with Crippen LogP contribution in [0.3, 0.4) is 0 Å². The standard InChI is InChI=1S/C16H22N2O3/c1-11(17-13-6-7-18(2)16(13)19)12-4-5-14-15(10-12)21-9-3-8-20-14/h4-5,10-11,13,17H,3,6-9H2,1-2H3. The molecule has 3 rings (SSSR count). The molecule has 0 spiro atoms. The van der Waals surface area contributed by atoms with Crippen molar-refractivity contribution < 1.29 is 14.3 Å². The van der Waals surface area contributed by atoms with Crippen LogP contribution in [-0.4, -0.2) is 43.7 Å². The molecule has 2 heterocycles. The van der Waals surface area contributed by atoms with Crippen LogP contribution in [-0.2, 0) is 4.79 Å². The number of likely N-dealkylation sites (N-methyl/N-ethyl adjacent to an activating group) is 1. The number of ether oxygens (including phenoxy) is 2. The Balaban J connectivity index is 1.71. The fourth-order valence-electron chi connectivity index (χ4n) is 2.82. The summed E-state index contributed by atoms with van der Waals surface area (Å²) in [5.74, 6) is 1.78. The molecule has 0 bridgehead atoms. The first-order valence-electron chi connectivity index (χ1n) is 7.56. The maximum Gasteiger partial charge on any atom is 0.239 e. The monoisotopic (exact) mass is 290 g/mol. The van der Waals surface area contributed by atoms with Gasteiger partial charge in [0.25, 0.3) is 0 Å². The number of nitrogens with zero attached hydrogens (tertiary/aromatic N) is 1. The van der Waals surface area contributed by atoms with E-state index in [1.807, 2.05) is 25.2 Å². The van der Waals surface area contributed by atoms with E-state index in [2.05, 4.69) is 12.2 Å². The Morgan fingerprint density at radius 2 is 2.05 bits per heavy atom. The van der Waals surface area contributed by atoms with Gasteiger partial charge in [-0.25, -0.2) is 0 Å². The van der Waals surface area contributed by atoms with Gasteiger partial charge in [0, 0.05) is 26.1 Å². The summed E-state index contributed by atoms with van der Waals surface area (Å²) in [5, 5.41) is 3.41. The maximum atomic E-state index is 12.0. The fourth-order valence-corrected chi connectivity index (χ4v) is 2.82. The van der Waals surface area contributed by atoms with Crippen LogP contribution in [0.4, 0.5) is 0 Å². The Hall–Kier alpha value is -1.75. The highest BCUT2D eigenvalue weighted by atomic mass is 16.5. The van der Waals surface area contributed by atoms with Crippen molar-refractivity contribution in [1.29, 1.82) is 0 Å². The summed E-state index contributed by atoms with van der Waals surface area (Å²) < 4.78 is 11.4. The van der Waals surface area contributed by atoms with Gasteiger partial charge in [-0.05, 0) is 31.0 Å². The van der Waals surface area contributed by atoms with Gasteiger partial charge in [-0.15, -0.1) is 0 Å². The van der Waals surface area contributed by atoms with Crippen molar-refractivity contribution in [1.82, 2.24) is 10.2 Å². The second-order valence-corrected chi connectivity index (χ2v) is 5.75. The first-order valence-corrected chi connectivity index (χ1v) is 7.56. The molecule has 114 valence electrons. The van der Waals surface area contributed by atoms with Crippen LogP contribution in [0.1, 0.15) is 31.4 Å². The minimum absolute atomic E-state index is 0.0824. The van der Waals surface area contributed by atoms with Gasteiger partial charge in [-0.1, -0.05) is 6.07 Å². The van der Waals surface area contributed by atoms with Crippen LogP contribution >= 0.6 is 0 Å². The van der Waals surface area contributed by atoms with E-state index < -0.39 is 0 Å². The SMILES string of the molecule is CC(NC1CCN(C)C1=O)c1ccc2c(c1)OCCCO2. The lowest BCUT2D eigenvalue weighted by Gasteiger charge is -2.20. The molecule has 2 aliphatic heterocycles. The Morgan fingerprint density at radius 3 is 2.76 bits per heavy atom. The van der Waals surface area contributed by atoms with Crippen molar-refractivity contribution in [2.45, 2.75) is 31.8 Å². The second kappa shape index (κ2) is 5.93. The van der Waals surface area contributed by atoms with Crippen LogP contribution in [0, 0.1) is 0 Å². The number of hydrogen-bond acceptors (Lipinski definition) is 4. The third-order valence-electron chi connectivity index (χ3n) is 4.15. The predicted molar refractivity (Wildman–Crippen MR) is 79.6 cm³/mol. The van der Waals surface area contributed by atoms with E-state index in [1.54, 1.807) is 4.90 Å². The molecule has 1 N–H and O–H groups in total. The topological polar surface area (TPSA) is 50.8 Å². The van der Waals surface area contributed by atoms with Crippen molar-refractivity contribution in [2.24, 2.45) is 0 Å². The molecule has 0 aliphatic carbocycles. The van der Waals surface area contributed by atoms with Gasteiger partial charge < -0.3 is 14.4 Å². The zero-order valence-electron chi connectivity index (χ0n) is 12.6. The quantitative estimate of drug-likeness (QED) is 0.921. The average Bonchev–Trinajstić information content (AvgIpc) is 2.71. The van der Waals surface area contributed by atoms with Crippen LogP contribution < -0.4 is 14.8 Å². The average molecular weight is 290 g/mol. The molecular formula is C16H22N2O3. The summed E-state index contributed by atoms with van der Waals surface area (Å²) in [6, 6.07) is 6.02. The molecule has 5 heteroatoms. The summed E-state index contributed by atoms with van der Waals surface area (Å²) in [5.41, 5.74) is 1.11. The van der Waals surface area contributed by atoms with E-state index in [1.165, 1.54) is 0 Å². The summed E-state index contributed by atoms with van der Waals surface area (Å²) in [6.07, 6.45) is 1.77. The predicted octanol–water partition coefficient (Wildman–Crippen LogP) is 1.73. The number of carbonyl (C=O) groups excluding carboxylic acids is 1. The normalized spacial score (nSPS) is 23.0. The highest BCUT2D eigenvalue weighted by molar-refractivity contribution is 5.83. The number of amides is 1. The molecule has 1 saturated heterocycles. The van der Waals surface area contributed by atoms with Crippen LogP contribution in [0.25, 0.3) is 0 Å². The minimum atomic E-state index is -0.0824. The Bertz CT molecular complexity index is 532. The van der Waals surface area contributed by atoms with E-state index in [4.69, 9.17) is 9.47 Å². The van der Waals surface area contributed by atoms with Crippen molar-refractivity contribution in [3.63, 3.8) is 0 Å². The Morgan fingerprint density at radius 1 is 1.29 bits per heavy atom. The molecule has 2 atom stereocenters. The molecule has 5 nitrogen and oxygen atoms in total. The molecule has 2 aliphatic rings. The van der Waals surface area contributed by atoms with Gasteiger partial charge in [0.15, 0.2) is 11.5 Å². The minimum Gasteiger partial charge on any atom is -0.490 e. The Labute approximate surface area is 125 Å². The number of nitrogens with one attached hydrogen (secondary N) is 1. The lowest BCUT2D eigenvalue weighted by Crippen LogP contribution is -2.38. The second-order valence-electron chi connectivity index (χ2n) is 5.75. The van der Waals surface area contributed by atoms with Gasteiger partial charge in [0.1, 0.15) is 0 Å². The zero-order chi connectivity index (χ0) is 14.8. The van der Waals surface area contributed by atoms with Gasteiger partial charge >= 0.3 is 0 Å². The highest BCUT2D eigenvalue weighted by Gasteiger charge is 2.30. The largest absolute Gasteiger partial charge is 0.490 e. The van der Waals surface area contributed by atoms with Crippen LogP contribution in [0.15, 0.2) is 18.2 Å². The number of rotatable bonds is 3. The molecule has 1 amide bonds. The maximum absolute atomic E-state index is 12.0. The Kier molecular flexibility index (Phi) is 4.01. The summed E-state index contributed by atoms with van der Waals surface area (Å²) in [4.78, 5) is 13.7. The van der Waals surface area contributed by atoms with Crippen molar-refractivity contribution in [2.75, 3.05) is 26.8 Å². The molecular weight excluding hydrogens is 268 g/mol. The van der Waals surface area contributed by atoms with Crippen LogP contribution in [0.2, 0.25) is 0 Å². The van der Waals surface area contributed by atoms with Gasteiger partial charge in [0.05, 0.1) is 19.3 Å². The van der Waals surface area contributed by atoms with E-state index in [-0.39, 0.29) is 18.0 Å².